The van der Waals surface area contributed by atoms with E-state index in [2.05, 4.69) is 16.0 Å². The molecular weight excluding hydrogens is 382 g/mol. The van der Waals surface area contributed by atoms with Crippen LogP contribution in [0.5, 0.6) is 0 Å². The number of piperidine rings is 2. The molecule has 9 heteroatoms. The largest absolute Gasteiger partial charge is 0.322 e. The van der Waals surface area contributed by atoms with Crippen molar-refractivity contribution in [2.24, 2.45) is 5.92 Å². The highest BCUT2D eigenvalue weighted by molar-refractivity contribution is 6.05. The van der Waals surface area contributed by atoms with Crippen molar-refractivity contribution in [3.05, 3.63) is 34.9 Å². The van der Waals surface area contributed by atoms with Crippen LogP contribution in [0.2, 0.25) is 0 Å². The zero-order valence-electron chi connectivity index (χ0n) is 16.0. The summed E-state index contributed by atoms with van der Waals surface area (Å²) in [6.45, 7) is 1.14. The van der Waals surface area contributed by atoms with Crippen LogP contribution in [0.3, 0.4) is 0 Å². The molecule has 3 aliphatic rings. The fourth-order valence-electron chi connectivity index (χ4n) is 4.33. The molecule has 2 fully saturated rings. The zero-order valence-corrected chi connectivity index (χ0v) is 16.0. The van der Waals surface area contributed by atoms with Gasteiger partial charge >= 0.3 is 0 Å². The van der Waals surface area contributed by atoms with Gasteiger partial charge in [-0.05, 0) is 36.6 Å². The van der Waals surface area contributed by atoms with Gasteiger partial charge in [-0.3, -0.25) is 19.7 Å². The summed E-state index contributed by atoms with van der Waals surface area (Å²) in [6, 6.07) is 4.68. The summed E-state index contributed by atoms with van der Waals surface area (Å²) < 4.78 is 27.9. The number of carbonyl (C=O) groups is 3. The third kappa shape index (κ3) is 3.89. The molecule has 3 N–H and O–H groups in total. The van der Waals surface area contributed by atoms with Crippen molar-refractivity contribution in [2.45, 2.75) is 44.3 Å². The molecule has 0 saturated carbocycles. The van der Waals surface area contributed by atoms with E-state index in [1.807, 2.05) is 6.07 Å². The Bertz CT molecular complexity index is 845. The molecule has 29 heavy (non-hydrogen) atoms. The van der Waals surface area contributed by atoms with Crippen LogP contribution in [-0.2, 0) is 22.7 Å². The van der Waals surface area contributed by atoms with Crippen molar-refractivity contribution in [3.63, 3.8) is 0 Å². The molecule has 2 unspecified atom stereocenters. The number of hydrogen-bond acceptors (Lipinski definition) is 5. The lowest BCUT2D eigenvalue weighted by atomic mass is 9.94. The van der Waals surface area contributed by atoms with Crippen LogP contribution in [-0.4, -0.2) is 54.2 Å². The first-order valence-electron chi connectivity index (χ1n) is 9.91. The number of nitrogens with one attached hydrogen (secondary N) is 3. The molecule has 2 atom stereocenters. The molecule has 3 amide bonds. The number of hydrogen-bond donors (Lipinski definition) is 3. The maximum atomic E-state index is 14.0. The predicted octanol–water partition coefficient (Wildman–Crippen LogP) is 0.782. The Hall–Kier alpha value is -2.39. The molecule has 4 rings (SSSR count). The molecule has 0 bridgehead atoms. The molecule has 1 aromatic rings. The van der Waals surface area contributed by atoms with E-state index in [0.717, 1.165) is 11.1 Å². The van der Waals surface area contributed by atoms with Crippen LogP contribution in [0.15, 0.2) is 18.2 Å². The maximum Gasteiger partial charge on any atom is 0.264 e. The van der Waals surface area contributed by atoms with Crippen molar-refractivity contribution in [1.82, 2.24) is 20.9 Å². The number of carbonyl (C=O) groups excluding carboxylic acids is 3. The Morgan fingerprint density at radius 1 is 1.21 bits per heavy atom. The molecule has 0 aromatic heterocycles. The average molecular weight is 406 g/mol. The molecule has 3 aliphatic heterocycles. The Labute approximate surface area is 167 Å². The summed E-state index contributed by atoms with van der Waals surface area (Å²) >= 11 is 0. The molecular formula is C20H24F2N4O3. The molecule has 7 nitrogen and oxygen atoms in total. The standard InChI is InChI=1S/C20H24F2N4O3/c21-20(22)11-23-7-6-13(20)9-24-8-12-2-1-3-14-15(12)10-26(19(14)29)16-4-5-17(27)25-18(16)28/h1-3,13,16,23-24H,4-11H2,(H,25,27,28). The van der Waals surface area contributed by atoms with E-state index < -0.39 is 23.8 Å². The first kappa shape index (κ1) is 19.9. The summed E-state index contributed by atoms with van der Waals surface area (Å²) in [4.78, 5) is 37.9. The fraction of sp³-hybridized carbons (Fsp3) is 0.550. The lowest BCUT2D eigenvalue weighted by molar-refractivity contribution is -0.136. The van der Waals surface area contributed by atoms with Crippen molar-refractivity contribution in [2.75, 3.05) is 19.6 Å². The lowest BCUT2D eigenvalue weighted by Crippen LogP contribution is -2.52. The smallest absolute Gasteiger partial charge is 0.264 e. The first-order chi connectivity index (χ1) is 13.9. The van der Waals surface area contributed by atoms with E-state index in [9.17, 15) is 23.2 Å². The van der Waals surface area contributed by atoms with Crippen LogP contribution in [0, 0.1) is 5.92 Å². The summed E-state index contributed by atoms with van der Waals surface area (Å²) in [5, 5.41) is 8.13. The topological polar surface area (TPSA) is 90.5 Å². The number of imide groups is 1. The summed E-state index contributed by atoms with van der Waals surface area (Å²) in [5.41, 5.74) is 2.20. The van der Waals surface area contributed by atoms with Gasteiger partial charge in [0.2, 0.25) is 11.8 Å². The van der Waals surface area contributed by atoms with Gasteiger partial charge in [-0.25, -0.2) is 8.78 Å². The maximum absolute atomic E-state index is 14.0. The van der Waals surface area contributed by atoms with E-state index in [-0.39, 0.29) is 37.9 Å². The van der Waals surface area contributed by atoms with E-state index >= 15 is 0 Å². The van der Waals surface area contributed by atoms with Crippen molar-refractivity contribution >= 4 is 17.7 Å². The minimum absolute atomic E-state index is 0.198. The van der Waals surface area contributed by atoms with Crippen LogP contribution >= 0.6 is 0 Å². The molecule has 1 aromatic carbocycles. The monoisotopic (exact) mass is 406 g/mol. The van der Waals surface area contributed by atoms with Gasteiger partial charge in [0.1, 0.15) is 6.04 Å². The SMILES string of the molecule is O=C1CCC(N2Cc3c(CNCC4CCNCC4(F)F)cccc3C2=O)C(=O)N1. The van der Waals surface area contributed by atoms with Crippen molar-refractivity contribution in [1.29, 1.82) is 0 Å². The molecule has 0 spiro atoms. The van der Waals surface area contributed by atoms with Gasteiger partial charge in [-0.2, -0.15) is 0 Å². The average Bonchev–Trinajstić information content (AvgIpc) is 3.00. The van der Waals surface area contributed by atoms with Gasteiger partial charge in [0.05, 0.1) is 6.54 Å². The van der Waals surface area contributed by atoms with E-state index in [4.69, 9.17) is 0 Å². The van der Waals surface area contributed by atoms with Crippen LogP contribution < -0.4 is 16.0 Å². The molecule has 156 valence electrons. The summed E-state index contributed by atoms with van der Waals surface area (Å²) in [7, 11) is 0. The number of alkyl halides is 2. The highest BCUT2D eigenvalue weighted by Crippen LogP contribution is 2.31. The normalized spacial score (nSPS) is 26.4. The Morgan fingerprint density at radius 2 is 2.03 bits per heavy atom. The summed E-state index contributed by atoms with van der Waals surface area (Å²) in [5.74, 6) is -4.46. The second-order valence-corrected chi connectivity index (χ2v) is 7.90. The molecule has 2 saturated heterocycles. The van der Waals surface area contributed by atoms with Gasteiger partial charge in [0.15, 0.2) is 0 Å². The number of benzene rings is 1. The highest BCUT2D eigenvalue weighted by Gasteiger charge is 2.41. The second-order valence-electron chi connectivity index (χ2n) is 7.90. The van der Waals surface area contributed by atoms with E-state index in [0.29, 0.717) is 31.5 Å². The molecule has 0 aliphatic carbocycles. The Kier molecular flexibility index (Phi) is 5.35. The van der Waals surface area contributed by atoms with E-state index in [1.165, 1.54) is 4.90 Å². The lowest BCUT2D eigenvalue weighted by Gasteiger charge is -2.32. The highest BCUT2D eigenvalue weighted by atomic mass is 19.3. The van der Waals surface area contributed by atoms with Gasteiger partial charge < -0.3 is 15.5 Å². The van der Waals surface area contributed by atoms with Gasteiger partial charge in [0, 0.05) is 37.5 Å². The van der Waals surface area contributed by atoms with Crippen LogP contribution in [0.4, 0.5) is 8.78 Å². The van der Waals surface area contributed by atoms with E-state index in [1.54, 1.807) is 12.1 Å². The second kappa shape index (κ2) is 7.79. The zero-order chi connectivity index (χ0) is 20.6. The van der Waals surface area contributed by atoms with Crippen LogP contribution in [0.1, 0.15) is 40.7 Å². The van der Waals surface area contributed by atoms with Gasteiger partial charge in [-0.1, -0.05) is 12.1 Å². The fourth-order valence-corrected chi connectivity index (χ4v) is 4.33. The number of fused-ring (bicyclic) bond motifs is 1. The van der Waals surface area contributed by atoms with Crippen molar-refractivity contribution in [3.8, 4) is 0 Å². The Morgan fingerprint density at radius 3 is 2.79 bits per heavy atom. The molecule has 3 heterocycles. The van der Waals surface area contributed by atoms with Gasteiger partial charge in [-0.15, -0.1) is 0 Å². The number of rotatable bonds is 5. The van der Waals surface area contributed by atoms with Gasteiger partial charge in [0.25, 0.3) is 11.8 Å². The first-order valence-corrected chi connectivity index (χ1v) is 9.91. The third-order valence-electron chi connectivity index (χ3n) is 6.01. The minimum Gasteiger partial charge on any atom is -0.322 e. The van der Waals surface area contributed by atoms with Crippen LogP contribution in [0.25, 0.3) is 0 Å². The summed E-state index contributed by atoms with van der Waals surface area (Å²) in [6.07, 6.45) is 0.923. The number of nitrogens with zero attached hydrogens (tertiary/aromatic N) is 1. The third-order valence-corrected chi connectivity index (χ3v) is 6.01. The Balaban J connectivity index is 1.43. The minimum atomic E-state index is -2.73. The number of halogens is 2. The van der Waals surface area contributed by atoms with Crippen molar-refractivity contribution < 1.29 is 23.2 Å². The number of amides is 3. The predicted molar refractivity (Wildman–Crippen MR) is 100 cm³/mol. The molecule has 0 radical (unpaired) electrons. The quantitative estimate of drug-likeness (QED) is 0.629.